The van der Waals surface area contributed by atoms with Gasteiger partial charge in [0, 0.05) is 35.2 Å². The van der Waals surface area contributed by atoms with Crippen LogP contribution in [0.15, 0.2) is 78.1 Å². The molecule has 0 fully saturated rings. The second-order valence-corrected chi connectivity index (χ2v) is 7.46. The molecule has 0 bridgehead atoms. The highest BCUT2D eigenvalue weighted by Crippen LogP contribution is 2.24. The van der Waals surface area contributed by atoms with E-state index < -0.39 is 10.0 Å². The van der Waals surface area contributed by atoms with Gasteiger partial charge in [-0.2, -0.15) is 0 Å². The number of nitrogens with zero attached hydrogens (tertiary/aromatic N) is 3. The minimum atomic E-state index is -3.72. The summed E-state index contributed by atoms with van der Waals surface area (Å²) in [4.78, 5) is 13.0. The molecule has 0 saturated carbocycles. The first kappa shape index (κ1) is 17.1. The zero-order chi connectivity index (χ0) is 18.9. The maximum absolute atomic E-state index is 11.3. The molecule has 0 aliphatic rings. The molecule has 2 aromatic carbocycles. The SMILES string of the molecule is NS(=O)(=O)c1ccc(Nc2ncc3ccc(-c4cccnc4)cc3n2)cc1. The van der Waals surface area contributed by atoms with Crippen LogP contribution in [-0.2, 0) is 10.0 Å². The largest absolute Gasteiger partial charge is 0.324 e. The van der Waals surface area contributed by atoms with Gasteiger partial charge in [0.05, 0.1) is 10.4 Å². The van der Waals surface area contributed by atoms with Crippen LogP contribution < -0.4 is 10.5 Å². The molecule has 0 saturated heterocycles. The van der Waals surface area contributed by atoms with Crippen LogP contribution in [0.2, 0.25) is 0 Å². The average molecular weight is 377 g/mol. The lowest BCUT2D eigenvalue weighted by Crippen LogP contribution is -2.11. The molecule has 0 aliphatic carbocycles. The van der Waals surface area contributed by atoms with E-state index in [1.165, 1.54) is 12.1 Å². The normalized spacial score (nSPS) is 11.4. The number of hydrogen-bond donors (Lipinski definition) is 2. The van der Waals surface area contributed by atoms with Crippen LogP contribution in [0.25, 0.3) is 22.0 Å². The second-order valence-electron chi connectivity index (χ2n) is 5.90. The second kappa shape index (κ2) is 6.75. The van der Waals surface area contributed by atoms with E-state index in [0.717, 1.165) is 22.0 Å². The first-order chi connectivity index (χ1) is 13.0. The number of sulfonamides is 1. The lowest BCUT2D eigenvalue weighted by molar-refractivity contribution is 0.598. The number of benzene rings is 2. The van der Waals surface area contributed by atoms with E-state index in [1.54, 1.807) is 30.7 Å². The Kier molecular flexibility index (Phi) is 4.27. The van der Waals surface area contributed by atoms with E-state index in [4.69, 9.17) is 5.14 Å². The van der Waals surface area contributed by atoms with Gasteiger partial charge in [-0.15, -0.1) is 0 Å². The van der Waals surface area contributed by atoms with Crippen LogP contribution in [-0.4, -0.2) is 23.4 Å². The lowest BCUT2D eigenvalue weighted by atomic mass is 10.1. The van der Waals surface area contributed by atoms with Crippen LogP contribution in [0.4, 0.5) is 11.6 Å². The molecule has 134 valence electrons. The third-order valence-corrected chi connectivity index (χ3v) is 4.95. The van der Waals surface area contributed by atoms with Crippen molar-refractivity contribution in [3.8, 4) is 11.1 Å². The molecular formula is C19H15N5O2S. The highest BCUT2D eigenvalue weighted by molar-refractivity contribution is 7.89. The van der Waals surface area contributed by atoms with Crippen LogP contribution in [0, 0.1) is 0 Å². The first-order valence-electron chi connectivity index (χ1n) is 8.06. The van der Waals surface area contributed by atoms with Crippen molar-refractivity contribution in [1.82, 2.24) is 15.0 Å². The highest BCUT2D eigenvalue weighted by Gasteiger charge is 2.08. The van der Waals surface area contributed by atoms with Gasteiger partial charge in [-0.1, -0.05) is 18.2 Å². The fourth-order valence-corrected chi connectivity index (χ4v) is 3.17. The summed E-state index contributed by atoms with van der Waals surface area (Å²) < 4.78 is 22.7. The van der Waals surface area contributed by atoms with Gasteiger partial charge in [-0.25, -0.2) is 23.5 Å². The molecule has 3 N–H and O–H groups in total. The molecule has 2 aromatic heterocycles. The Morgan fingerprint density at radius 1 is 0.926 bits per heavy atom. The Bertz CT molecular complexity index is 1210. The van der Waals surface area contributed by atoms with Crippen molar-refractivity contribution in [1.29, 1.82) is 0 Å². The van der Waals surface area contributed by atoms with Gasteiger partial charge in [0.25, 0.3) is 0 Å². The van der Waals surface area contributed by atoms with Gasteiger partial charge >= 0.3 is 0 Å². The number of aromatic nitrogens is 3. The molecule has 4 rings (SSSR count). The molecule has 0 atom stereocenters. The molecule has 27 heavy (non-hydrogen) atoms. The summed E-state index contributed by atoms with van der Waals surface area (Å²) in [6.45, 7) is 0. The van der Waals surface area contributed by atoms with Crippen LogP contribution in [0.1, 0.15) is 0 Å². The summed E-state index contributed by atoms with van der Waals surface area (Å²) in [6, 6.07) is 15.9. The molecule has 4 aromatic rings. The quantitative estimate of drug-likeness (QED) is 0.565. The van der Waals surface area contributed by atoms with Gasteiger partial charge in [0.1, 0.15) is 0 Å². The number of nitrogens with one attached hydrogen (secondary N) is 1. The molecule has 0 unspecified atom stereocenters. The van der Waals surface area contributed by atoms with Crippen molar-refractivity contribution >= 4 is 32.6 Å². The molecule has 2 heterocycles. The number of primary sulfonamides is 1. The zero-order valence-electron chi connectivity index (χ0n) is 14.1. The van der Waals surface area contributed by atoms with Gasteiger partial charge in [0.2, 0.25) is 16.0 Å². The van der Waals surface area contributed by atoms with Crippen molar-refractivity contribution in [3.05, 3.63) is 73.2 Å². The molecule has 7 nitrogen and oxygen atoms in total. The van der Waals surface area contributed by atoms with Crippen LogP contribution in [0.5, 0.6) is 0 Å². The van der Waals surface area contributed by atoms with E-state index in [1.807, 2.05) is 30.3 Å². The van der Waals surface area contributed by atoms with E-state index in [2.05, 4.69) is 20.3 Å². The molecule has 0 spiro atoms. The van der Waals surface area contributed by atoms with E-state index in [-0.39, 0.29) is 4.90 Å². The monoisotopic (exact) mass is 377 g/mol. The minimum Gasteiger partial charge on any atom is -0.324 e. The first-order valence-corrected chi connectivity index (χ1v) is 9.61. The van der Waals surface area contributed by atoms with E-state index >= 15 is 0 Å². The fraction of sp³-hybridized carbons (Fsp3) is 0. The van der Waals surface area contributed by atoms with Crippen LogP contribution in [0.3, 0.4) is 0 Å². The van der Waals surface area contributed by atoms with Crippen molar-refractivity contribution in [2.24, 2.45) is 5.14 Å². The Hall–Kier alpha value is -3.36. The highest BCUT2D eigenvalue weighted by atomic mass is 32.2. The maximum Gasteiger partial charge on any atom is 0.238 e. The number of rotatable bonds is 4. The maximum atomic E-state index is 11.3. The molecule has 0 aliphatic heterocycles. The zero-order valence-corrected chi connectivity index (χ0v) is 14.9. The predicted molar refractivity (Wildman–Crippen MR) is 104 cm³/mol. The molecule has 0 amide bonds. The fourth-order valence-electron chi connectivity index (χ4n) is 2.65. The Morgan fingerprint density at radius 3 is 2.44 bits per heavy atom. The van der Waals surface area contributed by atoms with E-state index in [9.17, 15) is 8.42 Å². The predicted octanol–water partition coefficient (Wildman–Crippen LogP) is 3.08. The van der Waals surface area contributed by atoms with Crippen molar-refractivity contribution in [2.75, 3.05) is 5.32 Å². The third kappa shape index (κ3) is 3.76. The summed E-state index contributed by atoms with van der Waals surface area (Å²) in [5, 5.41) is 9.08. The van der Waals surface area contributed by atoms with Gasteiger partial charge in [-0.3, -0.25) is 4.98 Å². The smallest absolute Gasteiger partial charge is 0.238 e. The summed E-state index contributed by atoms with van der Waals surface area (Å²) in [7, 11) is -3.72. The number of nitrogens with two attached hydrogens (primary N) is 1. The summed E-state index contributed by atoms with van der Waals surface area (Å²) in [5.74, 6) is 0.411. The topological polar surface area (TPSA) is 111 Å². The van der Waals surface area contributed by atoms with E-state index in [0.29, 0.717) is 11.6 Å². The Morgan fingerprint density at radius 2 is 1.74 bits per heavy atom. The average Bonchev–Trinajstić information content (AvgIpc) is 2.68. The summed E-state index contributed by atoms with van der Waals surface area (Å²) >= 11 is 0. The lowest BCUT2D eigenvalue weighted by Gasteiger charge is -2.07. The number of pyridine rings is 1. The summed E-state index contributed by atoms with van der Waals surface area (Å²) in [5.41, 5.74) is 3.46. The van der Waals surface area contributed by atoms with Gasteiger partial charge in [0.15, 0.2) is 0 Å². The van der Waals surface area contributed by atoms with Gasteiger partial charge < -0.3 is 5.32 Å². The standard InChI is InChI=1S/C19H15N5O2S/c20-27(25,26)17-7-5-16(6-8-17)23-19-22-12-15-4-3-13(10-18(15)24-19)14-2-1-9-21-11-14/h1-12H,(H2,20,25,26)(H,22,23,24). The molecular weight excluding hydrogens is 362 g/mol. The number of fused-ring (bicyclic) bond motifs is 1. The van der Waals surface area contributed by atoms with Crippen LogP contribution >= 0.6 is 0 Å². The Balaban J connectivity index is 1.64. The molecule has 8 heteroatoms. The number of hydrogen-bond acceptors (Lipinski definition) is 6. The van der Waals surface area contributed by atoms with Crippen molar-refractivity contribution in [3.63, 3.8) is 0 Å². The Labute approximate surface area is 156 Å². The van der Waals surface area contributed by atoms with Gasteiger partial charge in [-0.05, 0) is 42.0 Å². The third-order valence-electron chi connectivity index (χ3n) is 4.02. The minimum absolute atomic E-state index is 0.0496. The van der Waals surface area contributed by atoms with Crippen molar-refractivity contribution in [2.45, 2.75) is 4.90 Å². The number of anilines is 2. The van der Waals surface area contributed by atoms with Crippen molar-refractivity contribution < 1.29 is 8.42 Å². The summed E-state index contributed by atoms with van der Waals surface area (Å²) in [6.07, 6.45) is 5.26. The molecule has 0 radical (unpaired) electrons.